The molecular weight excluding hydrogens is 188 g/mol. The van der Waals surface area contributed by atoms with E-state index in [0.29, 0.717) is 0 Å². The van der Waals surface area contributed by atoms with Gasteiger partial charge < -0.3 is 15.8 Å². The van der Waals surface area contributed by atoms with Gasteiger partial charge in [-0.3, -0.25) is 0 Å². The van der Waals surface area contributed by atoms with Crippen molar-refractivity contribution in [2.75, 3.05) is 6.54 Å². The van der Waals surface area contributed by atoms with Crippen molar-refractivity contribution in [2.24, 2.45) is 5.73 Å². The number of nitrogens with two attached hydrogens (primary N) is 1. The molecule has 82 valence electrons. The molecule has 0 aliphatic carbocycles. The van der Waals surface area contributed by atoms with E-state index in [1.807, 2.05) is 32.9 Å². The molecular formula is C12H18N2O. The van der Waals surface area contributed by atoms with E-state index in [9.17, 15) is 0 Å². The highest BCUT2D eigenvalue weighted by molar-refractivity contribution is 5.38. The lowest BCUT2D eigenvalue weighted by atomic mass is 10.2. The van der Waals surface area contributed by atoms with Crippen LogP contribution in [0, 0.1) is 11.8 Å². The molecule has 15 heavy (non-hydrogen) atoms. The third kappa shape index (κ3) is 4.09. The van der Waals surface area contributed by atoms with Crippen LogP contribution in [0.1, 0.15) is 20.8 Å². The summed E-state index contributed by atoms with van der Waals surface area (Å²) in [4.78, 5) is 0. The van der Waals surface area contributed by atoms with Crippen molar-refractivity contribution in [3.8, 4) is 11.8 Å². The van der Waals surface area contributed by atoms with Gasteiger partial charge in [0, 0.05) is 6.54 Å². The van der Waals surface area contributed by atoms with Gasteiger partial charge >= 0.3 is 0 Å². The van der Waals surface area contributed by atoms with Gasteiger partial charge in [0.2, 0.25) is 0 Å². The second kappa shape index (κ2) is 5.47. The summed E-state index contributed by atoms with van der Waals surface area (Å²) in [6.45, 7) is 6.63. The predicted molar refractivity (Wildman–Crippen MR) is 61.8 cm³/mol. The molecule has 1 aliphatic rings. The van der Waals surface area contributed by atoms with Gasteiger partial charge in [0.1, 0.15) is 5.70 Å². The standard InChI is InChI=1S/C12H18N2O/c1-9(2)15-12-5-4-8-14-11(12)7-6-10(3)13/h4-5,9-10,14H,8,13H2,1-3H3. The van der Waals surface area contributed by atoms with Gasteiger partial charge in [0.05, 0.1) is 12.1 Å². The predicted octanol–water partition coefficient (Wildman–Crippen LogP) is 1.13. The Labute approximate surface area is 91.4 Å². The van der Waals surface area contributed by atoms with Crippen LogP contribution >= 0.6 is 0 Å². The molecule has 1 unspecified atom stereocenters. The Hall–Kier alpha value is -1.40. The van der Waals surface area contributed by atoms with E-state index in [0.717, 1.165) is 18.0 Å². The van der Waals surface area contributed by atoms with Crippen LogP contribution in [0.25, 0.3) is 0 Å². The average Bonchev–Trinajstić information content (AvgIpc) is 2.15. The summed E-state index contributed by atoms with van der Waals surface area (Å²) < 4.78 is 5.62. The molecule has 0 aromatic rings. The van der Waals surface area contributed by atoms with E-state index in [2.05, 4.69) is 17.2 Å². The molecule has 0 aromatic carbocycles. The number of nitrogens with one attached hydrogen (secondary N) is 1. The number of allylic oxidation sites excluding steroid dienone is 2. The SMILES string of the molecule is CC(N)C#CC1=C(OC(C)C)C=CCN1. The van der Waals surface area contributed by atoms with Crippen molar-refractivity contribution >= 4 is 0 Å². The zero-order valence-corrected chi connectivity index (χ0v) is 9.50. The minimum Gasteiger partial charge on any atom is -0.488 e. The van der Waals surface area contributed by atoms with Gasteiger partial charge in [-0.1, -0.05) is 12.0 Å². The number of hydrogen-bond acceptors (Lipinski definition) is 3. The third-order valence-electron chi connectivity index (χ3n) is 1.70. The normalized spacial score (nSPS) is 16.9. The molecule has 1 atom stereocenters. The smallest absolute Gasteiger partial charge is 0.151 e. The highest BCUT2D eigenvalue weighted by Crippen LogP contribution is 2.11. The van der Waals surface area contributed by atoms with E-state index in [1.54, 1.807) is 0 Å². The summed E-state index contributed by atoms with van der Waals surface area (Å²) in [6, 6.07) is -0.120. The second-order valence-electron chi connectivity index (χ2n) is 3.75. The maximum atomic E-state index is 5.62. The molecule has 0 spiro atoms. The Morgan fingerprint density at radius 1 is 1.47 bits per heavy atom. The number of hydrogen-bond donors (Lipinski definition) is 2. The maximum Gasteiger partial charge on any atom is 0.151 e. The zero-order valence-electron chi connectivity index (χ0n) is 9.50. The van der Waals surface area contributed by atoms with Crippen molar-refractivity contribution in [3.63, 3.8) is 0 Å². The molecule has 0 saturated heterocycles. The minimum absolute atomic E-state index is 0.120. The summed E-state index contributed by atoms with van der Waals surface area (Å²) in [5, 5.41) is 3.17. The van der Waals surface area contributed by atoms with Crippen LogP contribution in [0.3, 0.4) is 0 Å². The number of dihydropyridines is 1. The van der Waals surface area contributed by atoms with Crippen LogP contribution in [0.5, 0.6) is 0 Å². The Kier molecular flexibility index (Phi) is 4.26. The Balaban J connectivity index is 2.83. The van der Waals surface area contributed by atoms with Crippen LogP contribution in [-0.4, -0.2) is 18.7 Å². The van der Waals surface area contributed by atoms with E-state index in [-0.39, 0.29) is 12.1 Å². The fraction of sp³-hybridized carbons (Fsp3) is 0.500. The van der Waals surface area contributed by atoms with Gasteiger partial charge in [0.15, 0.2) is 5.76 Å². The number of ether oxygens (including phenoxy) is 1. The zero-order chi connectivity index (χ0) is 11.3. The second-order valence-corrected chi connectivity index (χ2v) is 3.75. The Morgan fingerprint density at radius 2 is 2.20 bits per heavy atom. The van der Waals surface area contributed by atoms with Crippen molar-refractivity contribution < 1.29 is 4.74 Å². The largest absolute Gasteiger partial charge is 0.488 e. The molecule has 3 N–H and O–H groups in total. The Bertz CT molecular complexity index is 329. The fourth-order valence-corrected chi connectivity index (χ4v) is 1.14. The van der Waals surface area contributed by atoms with Gasteiger partial charge in [-0.2, -0.15) is 0 Å². The van der Waals surface area contributed by atoms with Gasteiger partial charge in [-0.15, -0.1) is 0 Å². The molecule has 0 fully saturated rings. The van der Waals surface area contributed by atoms with Crippen molar-refractivity contribution in [2.45, 2.75) is 32.9 Å². The lowest BCUT2D eigenvalue weighted by Gasteiger charge is -2.17. The Morgan fingerprint density at radius 3 is 2.80 bits per heavy atom. The first-order chi connectivity index (χ1) is 7.09. The molecule has 0 amide bonds. The quantitative estimate of drug-likeness (QED) is 0.666. The molecule has 1 aliphatic heterocycles. The van der Waals surface area contributed by atoms with Crippen LogP contribution in [0.15, 0.2) is 23.6 Å². The minimum atomic E-state index is -0.120. The van der Waals surface area contributed by atoms with E-state index in [4.69, 9.17) is 10.5 Å². The summed E-state index contributed by atoms with van der Waals surface area (Å²) in [5.74, 6) is 6.70. The van der Waals surface area contributed by atoms with Crippen LogP contribution in [0.2, 0.25) is 0 Å². The molecule has 3 heteroatoms. The summed E-state index contributed by atoms with van der Waals surface area (Å²) in [6.07, 6.45) is 4.10. The lowest BCUT2D eigenvalue weighted by molar-refractivity contribution is 0.154. The molecule has 0 radical (unpaired) electrons. The topological polar surface area (TPSA) is 47.3 Å². The third-order valence-corrected chi connectivity index (χ3v) is 1.70. The average molecular weight is 206 g/mol. The van der Waals surface area contributed by atoms with Gasteiger partial charge in [0.25, 0.3) is 0 Å². The number of rotatable bonds is 2. The first-order valence-electron chi connectivity index (χ1n) is 5.18. The molecule has 1 rings (SSSR count). The van der Waals surface area contributed by atoms with Crippen molar-refractivity contribution in [3.05, 3.63) is 23.6 Å². The summed E-state index contributed by atoms with van der Waals surface area (Å²) in [7, 11) is 0. The van der Waals surface area contributed by atoms with Crippen molar-refractivity contribution in [1.29, 1.82) is 0 Å². The van der Waals surface area contributed by atoms with E-state index < -0.39 is 0 Å². The van der Waals surface area contributed by atoms with E-state index in [1.165, 1.54) is 0 Å². The fourth-order valence-electron chi connectivity index (χ4n) is 1.14. The molecule has 3 nitrogen and oxygen atoms in total. The molecule has 0 saturated carbocycles. The van der Waals surface area contributed by atoms with Crippen molar-refractivity contribution in [1.82, 2.24) is 5.32 Å². The molecule has 0 aromatic heterocycles. The van der Waals surface area contributed by atoms with Crippen LogP contribution in [-0.2, 0) is 4.74 Å². The molecule has 1 heterocycles. The van der Waals surface area contributed by atoms with Gasteiger partial charge in [-0.25, -0.2) is 0 Å². The van der Waals surface area contributed by atoms with E-state index >= 15 is 0 Å². The van der Waals surface area contributed by atoms with Crippen LogP contribution in [0.4, 0.5) is 0 Å². The maximum absolute atomic E-state index is 5.62. The monoisotopic (exact) mass is 206 g/mol. The first kappa shape index (κ1) is 11.7. The highest BCUT2D eigenvalue weighted by atomic mass is 16.5. The molecule has 0 bridgehead atoms. The lowest BCUT2D eigenvalue weighted by Crippen LogP contribution is -2.20. The van der Waals surface area contributed by atoms with Gasteiger partial charge in [-0.05, 0) is 32.8 Å². The summed E-state index contributed by atoms with van der Waals surface area (Å²) in [5.41, 5.74) is 6.40. The highest BCUT2D eigenvalue weighted by Gasteiger charge is 2.08. The summed E-state index contributed by atoms with van der Waals surface area (Å²) >= 11 is 0. The van der Waals surface area contributed by atoms with Crippen LogP contribution < -0.4 is 11.1 Å². The first-order valence-corrected chi connectivity index (χ1v) is 5.18.